The molecule has 0 unspecified atom stereocenters. The zero-order valence-corrected chi connectivity index (χ0v) is 11.1. The first kappa shape index (κ1) is 14.4. The Bertz CT molecular complexity index is 720. The molecule has 1 N–H and O–H groups in total. The molecule has 0 aliphatic rings. The van der Waals surface area contributed by atoms with Crippen LogP contribution in [0.15, 0.2) is 41.3 Å². The van der Waals surface area contributed by atoms with E-state index in [4.69, 9.17) is 0 Å². The number of hydrogen-bond acceptors (Lipinski definition) is 2. The van der Waals surface area contributed by atoms with Crippen molar-refractivity contribution < 1.29 is 21.6 Å². The van der Waals surface area contributed by atoms with Crippen LogP contribution in [0.4, 0.5) is 18.9 Å². The van der Waals surface area contributed by atoms with E-state index in [-0.39, 0.29) is 10.6 Å². The summed E-state index contributed by atoms with van der Waals surface area (Å²) in [5, 5.41) is 0. The Balaban J connectivity index is 2.36. The molecule has 0 aliphatic heterocycles. The fourth-order valence-corrected chi connectivity index (χ4v) is 2.59. The lowest BCUT2D eigenvalue weighted by Crippen LogP contribution is -2.13. The van der Waals surface area contributed by atoms with Crippen LogP contribution in [0, 0.1) is 24.4 Å². The SMILES string of the molecule is Cc1ccc(S(=O)(=O)Nc2cc(F)c(F)c(F)c2)cc1. The van der Waals surface area contributed by atoms with Gasteiger partial charge in [0.2, 0.25) is 0 Å². The van der Waals surface area contributed by atoms with Crippen molar-refractivity contribution in [2.75, 3.05) is 4.72 Å². The molecule has 0 fully saturated rings. The smallest absolute Gasteiger partial charge is 0.261 e. The largest absolute Gasteiger partial charge is 0.279 e. The minimum atomic E-state index is -3.98. The standard InChI is InChI=1S/C13H10F3NO2S/c1-8-2-4-10(5-3-8)20(18,19)17-9-6-11(14)13(16)12(15)7-9/h2-7,17H,1H3. The van der Waals surface area contributed by atoms with Gasteiger partial charge in [-0.15, -0.1) is 0 Å². The van der Waals surface area contributed by atoms with Crippen molar-refractivity contribution in [3.63, 3.8) is 0 Å². The Labute approximate surface area is 114 Å². The minimum absolute atomic E-state index is 0.0618. The predicted octanol–water partition coefficient (Wildman–Crippen LogP) is 3.21. The highest BCUT2D eigenvalue weighted by Crippen LogP contribution is 2.21. The van der Waals surface area contributed by atoms with Gasteiger partial charge in [0, 0.05) is 12.1 Å². The summed E-state index contributed by atoms with van der Waals surface area (Å²) in [7, 11) is -3.98. The molecule has 0 atom stereocenters. The van der Waals surface area contributed by atoms with Crippen molar-refractivity contribution in [2.24, 2.45) is 0 Å². The molecular weight excluding hydrogens is 291 g/mol. The summed E-state index contributed by atoms with van der Waals surface area (Å²) in [6.45, 7) is 1.79. The maximum absolute atomic E-state index is 13.0. The average Bonchev–Trinajstić information content (AvgIpc) is 2.36. The van der Waals surface area contributed by atoms with Gasteiger partial charge in [0.15, 0.2) is 17.5 Å². The second-order valence-electron chi connectivity index (χ2n) is 4.17. The topological polar surface area (TPSA) is 46.2 Å². The fourth-order valence-electron chi connectivity index (χ4n) is 1.55. The van der Waals surface area contributed by atoms with Gasteiger partial charge >= 0.3 is 0 Å². The second-order valence-corrected chi connectivity index (χ2v) is 5.85. The van der Waals surface area contributed by atoms with E-state index >= 15 is 0 Å². The molecule has 0 spiro atoms. The van der Waals surface area contributed by atoms with Crippen molar-refractivity contribution in [3.8, 4) is 0 Å². The number of hydrogen-bond donors (Lipinski definition) is 1. The number of benzene rings is 2. The van der Waals surface area contributed by atoms with Crippen LogP contribution in [-0.2, 0) is 10.0 Å². The minimum Gasteiger partial charge on any atom is -0.279 e. The molecule has 0 saturated heterocycles. The number of nitrogens with one attached hydrogen (secondary N) is 1. The first-order valence-electron chi connectivity index (χ1n) is 5.53. The van der Waals surface area contributed by atoms with Gasteiger partial charge in [-0.05, 0) is 19.1 Å². The molecule has 106 valence electrons. The van der Waals surface area contributed by atoms with E-state index < -0.39 is 27.5 Å². The van der Waals surface area contributed by atoms with Crippen molar-refractivity contribution in [2.45, 2.75) is 11.8 Å². The number of sulfonamides is 1. The molecule has 20 heavy (non-hydrogen) atoms. The van der Waals surface area contributed by atoms with Crippen LogP contribution in [0.3, 0.4) is 0 Å². The van der Waals surface area contributed by atoms with Crippen LogP contribution in [-0.4, -0.2) is 8.42 Å². The summed E-state index contributed by atoms with van der Waals surface area (Å²) >= 11 is 0. The van der Waals surface area contributed by atoms with Gasteiger partial charge in [-0.1, -0.05) is 17.7 Å². The number of anilines is 1. The van der Waals surface area contributed by atoms with E-state index in [9.17, 15) is 21.6 Å². The van der Waals surface area contributed by atoms with Crippen molar-refractivity contribution in [3.05, 3.63) is 59.4 Å². The van der Waals surface area contributed by atoms with Gasteiger partial charge in [-0.3, -0.25) is 4.72 Å². The molecule has 0 bridgehead atoms. The summed E-state index contributed by atoms with van der Waals surface area (Å²) < 4.78 is 64.8. The molecule has 7 heteroatoms. The monoisotopic (exact) mass is 301 g/mol. The molecule has 0 aliphatic carbocycles. The fraction of sp³-hybridized carbons (Fsp3) is 0.0769. The van der Waals surface area contributed by atoms with Gasteiger partial charge in [0.1, 0.15) is 0 Å². The van der Waals surface area contributed by atoms with E-state index in [1.54, 1.807) is 19.1 Å². The predicted molar refractivity (Wildman–Crippen MR) is 68.3 cm³/mol. The third-order valence-corrected chi connectivity index (χ3v) is 3.96. The molecule has 2 rings (SSSR count). The molecule has 0 aromatic heterocycles. The quantitative estimate of drug-likeness (QED) is 0.885. The number of aryl methyl sites for hydroxylation is 1. The third-order valence-electron chi connectivity index (χ3n) is 2.57. The summed E-state index contributed by atoms with van der Waals surface area (Å²) in [6.07, 6.45) is 0. The van der Waals surface area contributed by atoms with Gasteiger partial charge in [0.05, 0.1) is 10.6 Å². The Morgan fingerprint density at radius 3 is 1.95 bits per heavy atom. The zero-order valence-electron chi connectivity index (χ0n) is 10.3. The lowest BCUT2D eigenvalue weighted by atomic mass is 10.2. The molecule has 2 aromatic carbocycles. The summed E-state index contributed by atoms with van der Waals surface area (Å²) in [6, 6.07) is 7.02. The molecule has 0 saturated carbocycles. The van der Waals surface area contributed by atoms with Crippen LogP contribution in [0.2, 0.25) is 0 Å². The van der Waals surface area contributed by atoms with E-state index in [1.807, 2.05) is 4.72 Å². The average molecular weight is 301 g/mol. The zero-order chi connectivity index (χ0) is 14.9. The van der Waals surface area contributed by atoms with E-state index in [2.05, 4.69) is 0 Å². The van der Waals surface area contributed by atoms with E-state index in [0.717, 1.165) is 5.56 Å². The Hall–Kier alpha value is -2.02. The van der Waals surface area contributed by atoms with Crippen LogP contribution in [0.25, 0.3) is 0 Å². The number of rotatable bonds is 3. The van der Waals surface area contributed by atoms with Gasteiger partial charge in [-0.25, -0.2) is 21.6 Å². The van der Waals surface area contributed by atoms with Crippen LogP contribution in [0.1, 0.15) is 5.56 Å². The summed E-state index contributed by atoms with van der Waals surface area (Å²) in [4.78, 5) is -0.0618. The lowest BCUT2D eigenvalue weighted by Gasteiger charge is -2.09. The van der Waals surface area contributed by atoms with Gasteiger partial charge in [-0.2, -0.15) is 0 Å². The van der Waals surface area contributed by atoms with Crippen LogP contribution < -0.4 is 4.72 Å². The maximum atomic E-state index is 13.0. The highest BCUT2D eigenvalue weighted by Gasteiger charge is 2.17. The van der Waals surface area contributed by atoms with Crippen molar-refractivity contribution >= 4 is 15.7 Å². The third kappa shape index (κ3) is 2.93. The molecule has 0 radical (unpaired) electrons. The first-order chi connectivity index (χ1) is 9.29. The maximum Gasteiger partial charge on any atom is 0.261 e. The summed E-state index contributed by atoms with van der Waals surface area (Å²) in [5.41, 5.74) is 0.477. The van der Waals surface area contributed by atoms with E-state index in [0.29, 0.717) is 12.1 Å². The molecule has 2 aromatic rings. The Morgan fingerprint density at radius 2 is 1.45 bits per heavy atom. The first-order valence-corrected chi connectivity index (χ1v) is 7.02. The number of halogens is 3. The second kappa shape index (κ2) is 5.16. The molecule has 0 amide bonds. The van der Waals surface area contributed by atoms with Crippen LogP contribution in [0.5, 0.6) is 0 Å². The van der Waals surface area contributed by atoms with Gasteiger partial charge in [0.25, 0.3) is 10.0 Å². The Kier molecular flexibility index (Phi) is 3.71. The molecular formula is C13H10F3NO2S. The van der Waals surface area contributed by atoms with Crippen LogP contribution >= 0.6 is 0 Å². The molecule has 0 heterocycles. The lowest BCUT2D eigenvalue weighted by molar-refractivity contribution is 0.448. The molecule has 3 nitrogen and oxygen atoms in total. The normalized spacial score (nSPS) is 11.4. The van der Waals surface area contributed by atoms with E-state index in [1.165, 1.54) is 12.1 Å². The Morgan fingerprint density at radius 1 is 0.950 bits per heavy atom. The van der Waals surface area contributed by atoms with Gasteiger partial charge < -0.3 is 0 Å². The van der Waals surface area contributed by atoms with Crippen molar-refractivity contribution in [1.29, 1.82) is 0 Å². The highest BCUT2D eigenvalue weighted by molar-refractivity contribution is 7.92. The highest BCUT2D eigenvalue weighted by atomic mass is 32.2. The van der Waals surface area contributed by atoms with Crippen molar-refractivity contribution in [1.82, 2.24) is 0 Å². The summed E-state index contributed by atoms with van der Waals surface area (Å²) in [5.74, 6) is -4.58.